The predicted molar refractivity (Wildman–Crippen MR) is 129 cm³/mol. The number of rotatable bonds is 9. The number of ether oxygens (including phenoxy) is 3. The van der Waals surface area contributed by atoms with Crippen LogP contribution in [-0.2, 0) is 4.74 Å². The van der Waals surface area contributed by atoms with E-state index in [9.17, 15) is 0 Å². The summed E-state index contributed by atoms with van der Waals surface area (Å²) in [5.74, 6) is 3.14. The molecule has 1 aromatic rings. The van der Waals surface area contributed by atoms with Crippen LogP contribution >= 0.6 is 0 Å². The summed E-state index contributed by atoms with van der Waals surface area (Å²) in [6.07, 6.45) is 2.66. The van der Waals surface area contributed by atoms with E-state index in [1.165, 1.54) is 31.5 Å². The molecule has 2 saturated heterocycles. The lowest BCUT2D eigenvalue weighted by Crippen LogP contribution is -2.47. The zero-order valence-corrected chi connectivity index (χ0v) is 20.2. The van der Waals surface area contributed by atoms with Crippen molar-refractivity contribution in [3.63, 3.8) is 0 Å². The Morgan fingerprint density at radius 1 is 1.16 bits per heavy atom. The van der Waals surface area contributed by atoms with Gasteiger partial charge >= 0.3 is 0 Å². The number of aliphatic imine (C=N–C) groups is 1. The van der Waals surface area contributed by atoms with Crippen molar-refractivity contribution >= 4 is 5.96 Å². The van der Waals surface area contributed by atoms with E-state index in [-0.39, 0.29) is 6.04 Å². The fourth-order valence-corrected chi connectivity index (χ4v) is 4.64. The number of hydrogen-bond donors (Lipinski definition) is 2. The number of hydrogen-bond acceptors (Lipinski definition) is 6. The number of likely N-dealkylation sites (tertiary alicyclic amines) is 1. The van der Waals surface area contributed by atoms with Crippen molar-refractivity contribution in [2.45, 2.75) is 25.8 Å². The van der Waals surface area contributed by atoms with Gasteiger partial charge in [-0.3, -0.25) is 9.89 Å². The van der Waals surface area contributed by atoms with Gasteiger partial charge in [0.2, 0.25) is 0 Å². The van der Waals surface area contributed by atoms with Crippen molar-refractivity contribution in [1.82, 2.24) is 20.4 Å². The van der Waals surface area contributed by atoms with Gasteiger partial charge in [-0.25, -0.2) is 0 Å². The molecule has 0 bridgehead atoms. The first-order valence-electron chi connectivity index (χ1n) is 11.8. The summed E-state index contributed by atoms with van der Waals surface area (Å²) in [6, 6.07) is 6.36. The van der Waals surface area contributed by atoms with E-state index in [4.69, 9.17) is 14.2 Å². The molecule has 2 fully saturated rings. The van der Waals surface area contributed by atoms with E-state index in [0.29, 0.717) is 0 Å². The van der Waals surface area contributed by atoms with Crippen LogP contribution in [0.4, 0.5) is 0 Å². The van der Waals surface area contributed by atoms with Crippen molar-refractivity contribution in [2.24, 2.45) is 10.9 Å². The smallest absolute Gasteiger partial charge is 0.191 e. The molecule has 0 saturated carbocycles. The third-order valence-electron chi connectivity index (χ3n) is 6.43. The van der Waals surface area contributed by atoms with Crippen LogP contribution in [0.1, 0.15) is 31.4 Å². The van der Waals surface area contributed by atoms with Gasteiger partial charge in [-0.1, -0.05) is 13.0 Å². The molecule has 3 rings (SSSR count). The Morgan fingerprint density at radius 2 is 1.94 bits per heavy atom. The van der Waals surface area contributed by atoms with Crippen molar-refractivity contribution < 1.29 is 14.2 Å². The largest absolute Gasteiger partial charge is 0.493 e. The molecule has 8 nitrogen and oxygen atoms in total. The van der Waals surface area contributed by atoms with Gasteiger partial charge in [-0.05, 0) is 43.0 Å². The van der Waals surface area contributed by atoms with Crippen molar-refractivity contribution in [2.75, 3.05) is 80.3 Å². The number of morpholine rings is 1. The molecule has 2 unspecified atom stereocenters. The minimum atomic E-state index is 0.181. The van der Waals surface area contributed by atoms with Gasteiger partial charge in [0.1, 0.15) is 0 Å². The lowest BCUT2D eigenvalue weighted by Gasteiger charge is -2.35. The lowest BCUT2D eigenvalue weighted by atomic mass is 10.0. The maximum atomic E-state index is 5.58. The van der Waals surface area contributed by atoms with E-state index < -0.39 is 0 Å². The van der Waals surface area contributed by atoms with Gasteiger partial charge in [-0.15, -0.1) is 0 Å². The van der Waals surface area contributed by atoms with Crippen LogP contribution in [0.15, 0.2) is 23.2 Å². The van der Waals surface area contributed by atoms with Crippen molar-refractivity contribution in [3.8, 4) is 11.5 Å². The summed E-state index contributed by atoms with van der Waals surface area (Å²) in [6.45, 7) is 10.8. The van der Waals surface area contributed by atoms with E-state index >= 15 is 0 Å². The van der Waals surface area contributed by atoms with Gasteiger partial charge in [-0.2, -0.15) is 0 Å². The normalized spacial score (nSPS) is 21.8. The lowest BCUT2D eigenvalue weighted by molar-refractivity contribution is 0.0169. The molecule has 2 N–H and O–H groups in total. The van der Waals surface area contributed by atoms with Crippen LogP contribution in [0, 0.1) is 5.92 Å². The average Bonchev–Trinajstić information content (AvgIpc) is 2.83. The zero-order chi connectivity index (χ0) is 22.8. The quantitative estimate of drug-likeness (QED) is 0.443. The Balaban J connectivity index is 1.60. The standard InChI is InChI=1S/C24H41N5O3/c1-19-6-5-10-28(18-19)11-9-26-24(25-2)27-17-21(29-12-14-32-15-13-29)20-7-8-22(30-3)23(16-20)31-4/h7-8,16,19,21H,5-6,9-15,17-18H2,1-4H3,(H2,25,26,27). The SMILES string of the molecule is CN=C(NCCN1CCCC(C)C1)NCC(c1ccc(OC)c(OC)c1)N1CCOCC1. The van der Waals surface area contributed by atoms with Crippen LogP contribution < -0.4 is 20.1 Å². The summed E-state index contributed by atoms with van der Waals surface area (Å²) in [4.78, 5) is 9.45. The van der Waals surface area contributed by atoms with E-state index in [2.05, 4.69) is 44.5 Å². The van der Waals surface area contributed by atoms with Crippen LogP contribution in [0.25, 0.3) is 0 Å². The second-order valence-corrected chi connectivity index (χ2v) is 8.71. The average molecular weight is 448 g/mol. The summed E-state index contributed by atoms with van der Waals surface area (Å²) in [5, 5.41) is 7.04. The topological polar surface area (TPSA) is 70.6 Å². The Morgan fingerprint density at radius 3 is 2.62 bits per heavy atom. The summed E-state index contributed by atoms with van der Waals surface area (Å²) >= 11 is 0. The molecule has 2 heterocycles. The van der Waals surface area contributed by atoms with Gasteiger partial charge < -0.3 is 29.7 Å². The summed E-state index contributed by atoms with van der Waals surface area (Å²) in [7, 11) is 5.18. The number of piperidine rings is 1. The molecule has 2 aliphatic rings. The Bertz CT molecular complexity index is 724. The molecular formula is C24H41N5O3. The molecule has 0 aliphatic carbocycles. The summed E-state index contributed by atoms with van der Waals surface area (Å²) < 4.78 is 16.6. The highest BCUT2D eigenvalue weighted by Crippen LogP contribution is 2.32. The van der Waals surface area contributed by atoms with Crippen LogP contribution in [0.5, 0.6) is 11.5 Å². The molecule has 1 aromatic carbocycles. The van der Waals surface area contributed by atoms with Gasteiger partial charge in [0.15, 0.2) is 17.5 Å². The highest BCUT2D eigenvalue weighted by atomic mass is 16.5. The van der Waals surface area contributed by atoms with E-state index in [0.717, 1.165) is 69.3 Å². The second-order valence-electron chi connectivity index (χ2n) is 8.71. The Kier molecular flexibility index (Phi) is 9.89. The molecule has 32 heavy (non-hydrogen) atoms. The third-order valence-corrected chi connectivity index (χ3v) is 6.43. The molecule has 8 heteroatoms. The molecule has 180 valence electrons. The van der Waals surface area contributed by atoms with Crippen molar-refractivity contribution in [1.29, 1.82) is 0 Å². The van der Waals surface area contributed by atoms with Crippen LogP contribution in [-0.4, -0.2) is 96.1 Å². The second kappa shape index (κ2) is 12.9. The minimum Gasteiger partial charge on any atom is -0.493 e. The molecule has 2 aliphatic heterocycles. The number of nitrogens with one attached hydrogen (secondary N) is 2. The van der Waals surface area contributed by atoms with Crippen LogP contribution in [0.3, 0.4) is 0 Å². The molecular weight excluding hydrogens is 406 g/mol. The first kappa shape index (κ1) is 24.6. The monoisotopic (exact) mass is 447 g/mol. The van der Waals surface area contributed by atoms with Gasteiger partial charge in [0.05, 0.1) is 33.5 Å². The fraction of sp³-hybridized carbons (Fsp3) is 0.708. The van der Waals surface area contributed by atoms with Gasteiger partial charge in [0, 0.05) is 46.3 Å². The maximum Gasteiger partial charge on any atom is 0.191 e. The highest BCUT2D eigenvalue weighted by Gasteiger charge is 2.24. The highest BCUT2D eigenvalue weighted by molar-refractivity contribution is 5.79. The molecule has 0 aromatic heterocycles. The van der Waals surface area contributed by atoms with Crippen molar-refractivity contribution in [3.05, 3.63) is 23.8 Å². The molecule has 0 radical (unpaired) electrons. The molecule has 0 spiro atoms. The van der Waals surface area contributed by atoms with Gasteiger partial charge in [0.25, 0.3) is 0 Å². The predicted octanol–water partition coefficient (Wildman–Crippen LogP) is 1.97. The maximum absolute atomic E-state index is 5.58. The van der Waals surface area contributed by atoms with E-state index in [1.54, 1.807) is 14.2 Å². The first-order chi connectivity index (χ1) is 15.6. The zero-order valence-electron chi connectivity index (χ0n) is 20.2. The number of guanidine groups is 1. The third kappa shape index (κ3) is 6.98. The number of nitrogens with zero attached hydrogens (tertiary/aromatic N) is 3. The Hall–Kier alpha value is -2.03. The summed E-state index contributed by atoms with van der Waals surface area (Å²) in [5.41, 5.74) is 1.19. The minimum absolute atomic E-state index is 0.181. The number of benzene rings is 1. The fourth-order valence-electron chi connectivity index (χ4n) is 4.64. The Labute approximate surface area is 193 Å². The number of methoxy groups -OCH3 is 2. The van der Waals surface area contributed by atoms with Crippen LogP contribution in [0.2, 0.25) is 0 Å². The van der Waals surface area contributed by atoms with E-state index in [1.807, 2.05) is 13.1 Å². The molecule has 0 amide bonds. The molecule has 2 atom stereocenters. The first-order valence-corrected chi connectivity index (χ1v) is 11.8.